The maximum Gasteiger partial charge on any atom is 0.343 e. The Balaban J connectivity index is 1.79. The van der Waals surface area contributed by atoms with Crippen LogP contribution >= 0.6 is 11.6 Å². The summed E-state index contributed by atoms with van der Waals surface area (Å²) in [4.78, 5) is 21.1. The highest BCUT2D eigenvalue weighted by molar-refractivity contribution is 6.31. The maximum atomic E-state index is 14.3. The Morgan fingerprint density at radius 2 is 2.19 bits per heavy atom. The molecule has 2 aromatic heterocycles. The van der Waals surface area contributed by atoms with Crippen molar-refractivity contribution in [2.45, 2.75) is 32.0 Å². The Morgan fingerprint density at radius 1 is 1.37 bits per heavy atom. The number of hydrogen-bond donors (Lipinski definition) is 0. The quantitative estimate of drug-likeness (QED) is 0.718. The van der Waals surface area contributed by atoms with E-state index in [9.17, 15) is 9.18 Å². The van der Waals surface area contributed by atoms with E-state index in [0.717, 1.165) is 0 Å². The molecule has 0 bridgehead atoms. The predicted molar refractivity (Wildman–Crippen MR) is 95.3 cm³/mol. The molecule has 0 fully saturated rings. The van der Waals surface area contributed by atoms with Gasteiger partial charge in [-0.3, -0.25) is 0 Å². The summed E-state index contributed by atoms with van der Waals surface area (Å²) < 4.78 is 30.6. The van der Waals surface area contributed by atoms with E-state index in [1.54, 1.807) is 31.2 Å². The molecule has 1 aliphatic carbocycles. The van der Waals surface area contributed by atoms with E-state index in [1.807, 2.05) is 0 Å². The van der Waals surface area contributed by atoms with E-state index in [1.165, 1.54) is 7.11 Å². The standard InChI is InChI=1S/C19H16ClFN2O4/c1-9-6-7-13(26-9)16-15-17(23-19(22-16)25-2)14(27-18(15)24)8-10-11(20)4-3-5-12(10)21/h3-4,6-7,12,14H,5,8H2,1-2H3. The van der Waals surface area contributed by atoms with Gasteiger partial charge in [-0.2, -0.15) is 9.97 Å². The van der Waals surface area contributed by atoms with Gasteiger partial charge in [0.25, 0.3) is 0 Å². The van der Waals surface area contributed by atoms with Crippen molar-refractivity contribution in [2.75, 3.05) is 7.11 Å². The number of alkyl halides is 1. The predicted octanol–water partition coefficient (Wildman–Crippen LogP) is 4.45. The lowest BCUT2D eigenvalue weighted by Crippen LogP contribution is -2.13. The molecule has 2 atom stereocenters. The van der Waals surface area contributed by atoms with Crippen LogP contribution < -0.4 is 4.74 Å². The fourth-order valence-electron chi connectivity index (χ4n) is 3.22. The summed E-state index contributed by atoms with van der Waals surface area (Å²) in [5.41, 5.74) is 1.22. The summed E-state index contributed by atoms with van der Waals surface area (Å²) in [6.45, 7) is 1.79. The molecule has 2 aromatic rings. The zero-order valence-electron chi connectivity index (χ0n) is 14.7. The van der Waals surface area contributed by atoms with Gasteiger partial charge < -0.3 is 13.9 Å². The van der Waals surface area contributed by atoms with Crippen LogP contribution in [-0.2, 0) is 4.74 Å². The number of esters is 1. The van der Waals surface area contributed by atoms with Crippen LogP contribution in [-0.4, -0.2) is 29.2 Å². The molecule has 1 aliphatic heterocycles. The van der Waals surface area contributed by atoms with Crippen LogP contribution in [0, 0.1) is 6.92 Å². The molecule has 8 heteroatoms. The van der Waals surface area contributed by atoms with Gasteiger partial charge in [0.1, 0.15) is 35.0 Å². The Labute approximate surface area is 159 Å². The van der Waals surface area contributed by atoms with Gasteiger partial charge in [-0.1, -0.05) is 17.7 Å². The van der Waals surface area contributed by atoms with E-state index in [4.69, 9.17) is 25.5 Å². The number of aromatic nitrogens is 2. The number of furan rings is 1. The highest BCUT2D eigenvalue weighted by Crippen LogP contribution is 2.42. The van der Waals surface area contributed by atoms with Gasteiger partial charge in [0.05, 0.1) is 7.11 Å². The largest absolute Gasteiger partial charge is 0.467 e. The minimum absolute atomic E-state index is 0.0709. The fourth-order valence-corrected chi connectivity index (χ4v) is 3.50. The molecule has 140 valence electrons. The summed E-state index contributed by atoms with van der Waals surface area (Å²) in [7, 11) is 1.43. The lowest BCUT2D eigenvalue weighted by atomic mass is 9.95. The van der Waals surface area contributed by atoms with Gasteiger partial charge in [0, 0.05) is 17.9 Å². The number of cyclic esters (lactones) is 1. The first-order valence-electron chi connectivity index (χ1n) is 8.40. The van der Waals surface area contributed by atoms with Gasteiger partial charge in [-0.15, -0.1) is 0 Å². The Morgan fingerprint density at radius 3 is 2.85 bits per heavy atom. The van der Waals surface area contributed by atoms with Crippen LogP contribution in [0.2, 0.25) is 0 Å². The molecule has 0 spiro atoms. The van der Waals surface area contributed by atoms with Gasteiger partial charge in [0.2, 0.25) is 0 Å². The summed E-state index contributed by atoms with van der Waals surface area (Å²) in [6, 6.07) is 3.54. The molecule has 27 heavy (non-hydrogen) atoms. The molecule has 0 saturated carbocycles. The second-order valence-corrected chi connectivity index (χ2v) is 6.71. The van der Waals surface area contributed by atoms with Crippen LogP contribution in [0.25, 0.3) is 11.5 Å². The Hall–Kier alpha value is -2.67. The second-order valence-electron chi connectivity index (χ2n) is 6.31. The number of carbonyl (C=O) groups is 1. The lowest BCUT2D eigenvalue weighted by Gasteiger charge is -2.19. The molecule has 0 saturated heterocycles. The molecular formula is C19H16ClFN2O4. The van der Waals surface area contributed by atoms with Crippen molar-refractivity contribution in [3.05, 3.63) is 51.9 Å². The molecule has 3 heterocycles. The molecule has 6 nitrogen and oxygen atoms in total. The van der Waals surface area contributed by atoms with Crippen molar-refractivity contribution in [3.8, 4) is 17.5 Å². The number of nitrogens with zero attached hydrogens (tertiary/aromatic N) is 2. The number of aryl methyl sites for hydroxylation is 1. The number of hydrogen-bond acceptors (Lipinski definition) is 6. The summed E-state index contributed by atoms with van der Waals surface area (Å²) in [5.74, 6) is 0.494. The van der Waals surface area contributed by atoms with Gasteiger partial charge in [0.15, 0.2) is 5.76 Å². The van der Waals surface area contributed by atoms with Crippen LogP contribution in [0.5, 0.6) is 6.01 Å². The molecule has 0 radical (unpaired) electrons. The van der Waals surface area contributed by atoms with Crippen LogP contribution in [0.15, 0.2) is 39.3 Å². The van der Waals surface area contributed by atoms with E-state index in [-0.39, 0.29) is 30.1 Å². The minimum Gasteiger partial charge on any atom is -0.467 e. The third-order valence-corrected chi connectivity index (χ3v) is 4.90. The average Bonchev–Trinajstić information content (AvgIpc) is 3.21. The zero-order valence-corrected chi connectivity index (χ0v) is 15.4. The monoisotopic (exact) mass is 390 g/mol. The molecule has 4 rings (SSSR count). The van der Waals surface area contributed by atoms with Crippen molar-refractivity contribution >= 4 is 17.6 Å². The highest BCUT2D eigenvalue weighted by atomic mass is 35.5. The Bertz CT molecular complexity index is 982. The van der Waals surface area contributed by atoms with E-state index in [0.29, 0.717) is 27.8 Å². The van der Waals surface area contributed by atoms with E-state index < -0.39 is 18.2 Å². The van der Waals surface area contributed by atoms with Gasteiger partial charge in [-0.25, -0.2) is 9.18 Å². The topological polar surface area (TPSA) is 74.5 Å². The SMILES string of the molecule is COc1nc(-c2ccc(C)o2)c2c(n1)C(CC1=C(Cl)C=CCC1F)OC2=O. The van der Waals surface area contributed by atoms with E-state index >= 15 is 0 Å². The van der Waals surface area contributed by atoms with Crippen LogP contribution in [0.1, 0.15) is 40.8 Å². The van der Waals surface area contributed by atoms with Crippen molar-refractivity contribution in [3.63, 3.8) is 0 Å². The number of allylic oxidation sites excluding steroid dienone is 3. The van der Waals surface area contributed by atoms with Crippen LogP contribution in [0.4, 0.5) is 4.39 Å². The first kappa shape index (κ1) is 17.7. The highest BCUT2D eigenvalue weighted by Gasteiger charge is 2.39. The molecular weight excluding hydrogens is 375 g/mol. The zero-order chi connectivity index (χ0) is 19.1. The summed E-state index contributed by atoms with van der Waals surface area (Å²) in [6.07, 6.45) is 1.69. The normalized spacial score (nSPS) is 21.4. The molecule has 0 aromatic carbocycles. The van der Waals surface area contributed by atoms with Gasteiger partial charge >= 0.3 is 12.0 Å². The molecule has 0 amide bonds. The average molecular weight is 391 g/mol. The molecule has 2 aliphatic rings. The van der Waals surface area contributed by atoms with Gasteiger partial charge in [-0.05, 0) is 30.7 Å². The van der Waals surface area contributed by atoms with Crippen molar-refractivity contribution in [2.24, 2.45) is 0 Å². The third kappa shape index (κ3) is 3.12. The van der Waals surface area contributed by atoms with Crippen LogP contribution in [0.3, 0.4) is 0 Å². The Kier molecular flexibility index (Phi) is 4.47. The number of carbonyl (C=O) groups excluding carboxylic acids is 1. The second kappa shape index (κ2) is 6.81. The number of fused-ring (bicyclic) bond motifs is 1. The summed E-state index contributed by atoms with van der Waals surface area (Å²) in [5, 5.41) is 0.321. The third-order valence-electron chi connectivity index (χ3n) is 4.53. The number of ether oxygens (including phenoxy) is 2. The maximum absolute atomic E-state index is 14.3. The van der Waals surface area contributed by atoms with E-state index in [2.05, 4.69) is 9.97 Å². The lowest BCUT2D eigenvalue weighted by molar-refractivity contribution is 0.0375. The smallest absolute Gasteiger partial charge is 0.343 e. The first-order chi connectivity index (χ1) is 13.0. The molecule has 2 unspecified atom stereocenters. The fraction of sp³-hybridized carbons (Fsp3) is 0.316. The van der Waals surface area contributed by atoms with Crippen molar-refractivity contribution < 1.29 is 23.1 Å². The number of methoxy groups -OCH3 is 1. The van der Waals surface area contributed by atoms with Crippen molar-refractivity contribution in [1.82, 2.24) is 9.97 Å². The first-order valence-corrected chi connectivity index (χ1v) is 8.78. The number of halogens is 2. The van der Waals surface area contributed by atoms with Crippen molar-refractivity contribution in [1.29, 1.82) is 0 Å². The molecule has 0 N–H and O–H groups in total. The summed E-state index contributed by atoms with van der Waals surface area (Å²) >= 11 is 6.15. The number of rotatable bonds is 4. The minimum atomic E-state index is -1.22.